The molecule has 33 heavy (non-hydrogen) atoms. The second-order valence-electron chi connectivity index (χ2n) is 7.29. The van der Waals surface area contributed by atoms with E-state index < -0.39 is 11.9 Å². The number of rotatable bonds is 7. The van der Waals surface area contributed by atoms with Gasteiger partial charge >= 0.3 is 5.97 Å². The number of carbonyl (C=O) groups is 2. The average Bonchev–Trinajstić information content (AvgIpc) is 3.17. The molecular formula is C26H24N2O4S. The summed E-state index contributed by atoms with van der Waals surface area (Å²) in [6.45, 7) is 1.96. The number of methoxy groups -OCH3 is 1. The summed E-state index contributed by atoms with van der Waals surface area (Å²) in [6, 6.07) is 24.8. The summed E-state index contributed by atoms with van der Waals surface area (Å²) < 4.78 is 13.2. The molecule has 4 aromatic rings. The first-order valence-corrected chi connectivity index (χ1v) is 11.4. The van der Waals surface area contributed by atoms with Gasteiger partial charge in [-0.2, -0.15) is 4.99 Å². The predicted octanol–water partition coefficient (Wildman–Crippen LogP) is 4.53. The Morgan fingerprint density at radius 2 is 1.58 bits per heavy atom. The molecule has 0 bridgehead atoms. The van der Waals surface area contributed by atoms with Gasteiger partial charge in [0.05, 0.1) is 24.3 Å². The van der Waals surface area contributed by atoms with E-state index in [9.17, 15) is 9.59 Å². The summed E-state index contributed by atoms with van der Waals surface area (Å²) in [5.74, 6) is -0.671. The van der Waals surface area contributed by atoms with Crippen LogP contribution in [0, 0.1) is 0 Å². The minimum absolute atomic E-state index is 0.0678. The van der Waals surface area contributed by atoms with E-state index in [1.165, 1.54) is 11.3 Å². The van der Waals surface area contributed by atoms with E-state index in [4.69, 9.17) is 9.47 Å². The van der Waals surface area contributed by atoms with Gasteiger partial charge in [0.25, 0.3) is 5.91 Å². The van der Waals surface area contributed by atoms with Crippen LogP contribution in [0.1, 0.15) is 24.0 Å². The van der Waals surface area contributed by atoms with Crippen molar-refractivity contribution in [2.45, 2.75) is 19.4 Å². The maximum atomic E-state index is 13.6. The van der Waals surface area contributed by atoms with Gasteiger partial charge in [-0.3, -0.25) is 9.59 Å². The summed E-state index contributed by atoms with van der Waals surface area (Å²) >= 11 is 1.34. The van der Waals surface area contributed by atoms with Crippen molar-refractivity contribution in [3.63, 3.8) is 0 Å². The van der Waals surface area contributed by atoms with Gasteiger partial charge in [-0.05, 0) is 30.2 Å². The van der Waals surface area contributed by atoms with E-state index >= 15 is 0 Å². The number of para-hydroxylation sites is 1. The van der Waals surface area contributed by atoms with Crippen LogP contribution in [-0.4, -0.2) is 30.2 Å². The Labute approximate surface area is 195 Å². The third-order valence-electron chi connectivity index (χ3n) is 5.20. The highest BCUT2D eigenvalue weighted by Crippen LogP contribution is 2.29. The number of hydrogen-bond donors (Lipinski definition) is 0. The monoisotopic (exact) mass is 460 g/mol. The highest BCUT2D eigenvalue weighted by molar-refractivity contribution is 7.16. The average molecular weight is 461 g/mol. The van der Waals surface area contributed by atoms with Crippen LogP contribution >= 0.6 is 11.3 Å². The van der Waals surface area contributed by atoms with E-state index in [-0.39, 0.29) is 19.1 Å². The fraction of sp³-hybridized carbons (Fsp3) is 0.192. The molecule has 0 atom stereocenters. The van der Waals surface area contributed by atoms with E-state index in [1.54, 1.807) is 18.6 Å². The molecule has 0 aliphatic heterocycles. The molecule has 0 N–H and O–H groups in total. The van der Waals surface area contributed by atoms with Gasteiger partial charge in [-0.25, -0.2) is 0 Å². The SMILES string of the molecule is CCOC(=O)Cn1c(=NC(=O)C(c2ccccc2)c2ccccc2)sc2cccc(OC)c21. The van der Waals surface area contributed by atoms with Crippen molar-refractivity contribution in [2.24, 2.45) is 4.99 Å². The van der Waals surface area contributed by atoms with Gasteiger partial charge in [0.2, 0.25) is 0 Å². The maximum Gasteiger partial charge on any atom is 0.326 e. The highest BCUT2D eigenvalue weighted by atomic mass is 32.1. The summed E-state index contributed by atoms with van der Waals surface area (Å²) in [7, 11) is 1.57. The molecule has 0 unspecified atom stereocenters. The van der Waals surface area contributed by atoms with E-state index in [2.05, 4.69) is 4.99 Å². The molecule has 3 aromatic carbocycles. The number of esters is 1. The molecule has 1 amide bonds. The molecule has 0 aliphatic rings. The molecule has 0 saturated carbocycles. The van der Waals surface area contributed by atoms with Gasteiger partial charge < -0.3 is 14.0 Å². The number of fused-ring (bicyclic) bond motifs is 1. The largest absolute Gasteiger partial charge is 0.495 e. The van der Waals surface area contributed by atoms with Crippen LogP contribution in [-0.2, 0) is 20.9 Å². The summed E-state index contributed by atoms with van der Waals surface area (Å²) in [6.07, 6.45) is 0. The van der Waals surface area contributed by atoms with Gasteiger partial charge in [0.15, 0.2) is 4.80 Å². The summed E-state index contributed by atoms with van der Waals surface area (Å²) in [5.41, 5.74) is 2.42. The van der Waals surface area contributed by atoms with Crippen molar-refractivity contribution in [1.82, 2.24) is 4.57 Å². The predicted molar refractivity (Wildman–Crippen MR) is 128 cm³/mol. The number of nitrogens with zero attached hydrogens (tertiary/aromatic N) is 2. The van der Waals surface area contributed by atoms with Crippen LogP contribution in [0.3, 0.4) is 0 Å². The van der Waals surface area contributed by atoms with Crippen LogP contribution in [0.5, 0.6) is 5.75 Å². The Morgan fingerprint density at radius 1 is 0.939 bits per heavy atom. The number of aromatic nitrogens is 1. The van der Waals surface area contributed by atoms with Gasteiger partial charge in [-0.1, -0.05) is 78.1 Å². The quantitative estimate of drug-likeness (QED) is 0.380. The first-order valence-electron chi connectivity index (χ1n) is 10.6. The number of ether oxygens (including phenoxy) is 2. The Morgan fingerprint density at radius 3 is 2.15 bits per heavy atom. The fourth-order valence-corrected chi connectivity index (χ4v) is 4.81. The molecule has 168 valence electrons. The molecule has 0 radical (unpaired) electrons. The van der Waals surface area contributed by atoms with Crippen molar-refractivity contribution < 1.29 is 19.1 Å². The Kier molecular flexibility index (Phi) is 7.00. The number of thiazole rings is 1. The van der Waals surface area contributed by atoms with Crippen molar-refractivity contribution in [1.29, 1.82) is 0 Å². The maximum absolute atomic E-state index is 13.6. The summed E-state index contributed by atoms with van der Waals surface area (Å²) in [4.78, 5) is 30.9. The van der Waals surface area contributed by atoms with E-state index in [0.29, 0.717) is 16.1 Å². The van der Waals surface area contributed by atoms with Crippen LogP contribution in [0.15, 0.2) is 83.9 Å². The third kappa shape index (κ3) is 4.88. The molecular weight excluding hydrogens is 436 g/mol. The van der Waals surface area contributed by atoms with Crippen molar-refractivity contribution in [2.75, 3.05) is 13.7 Å². The zero-order chi connectivity index (χ0) is 23.2. The molecule has 6 nitrogen and oxygen atoms in total. The number of hydrogen-bond acceptors (Lipinski definition) is 5. The summed E-state index contributed by atoms with van der Waals surface area (Å²) in [5, 5.41) is 0. The van der Waals surface area contributed by atoms with Crippen LogP contribution in [0.4, 0.5) is 0 Å². The van der Waals surface area contributed by atoms with Gasteiger partial charge in [0, 0.05) is 0 Å². The normalized spacial score (nSPS) is 11.7. The molecule has 7 heteroatoms. The van der Waals surface area contributed by atoms with Gasteiger partial charge in [0.1, 0.15) is 17.8 Å². The molecule has 0 aliphatic carbocycles. The number of benzene rings is 3. The minimum atomic E-state index is -0.560. The van der Waals surface area contributed by atoms with E-state index in [0.717, 1.165) is 15.8 Å². The third-order valence-corrected chi connectivity index (χ3v) is 6.24. The molecule has 1 aromatic heterocycles. The molecule has 0 saturated heterocycles. The number of amides is 1. The minimum Gasteiger partial charge on any atom is -0.495 e. The lowest BCUT2D eigenvalue weighted by Gasteiger charge is -2.14. The van der Waals surface area contributed by atoms with Crippen LogP contribution in [0.25, 0.3) is 10.2 Å². The highest BCUT2D eigenvalue weighted by Gasteiger charge is 2.23. The Balaban J connectivity index is 1.87. The molecule has 1 heterocycles. The second kappa shape index (κ2) is 10.3. The van der Waals surface area contributed by atoms with E-state index in [1.807, 2.05) is 78.9 Å². The van der Waals surface area contributed by atoms with Crippen LogP contribution < -0.4 is 9.54 Å². The zero-order valence-corrected chi connectivity index (χ0v) is 19.2. The molecule has 4 rings (SSSR count). The van der Waals surface area contributed by atoms with Gasteiger partial charge in [-0.15, -0.1) is 0 Å². The van der Waals surface area contributed by atoms with Crippen molar-refractivity contribution >= 4 is 33.4 Å². The first-order chi connectivity index (χ1) is 16.1. The standard InChI is InChI=1S/C26H24N2O4S/c1-3-32-22(29)17-28-24-20(31-2)15-10-16-21(24)33-26(28)27-25(30)23(18-11-6-4-7-12-18)19-13-8-5-9-14-19/h4-16,23H,3,17H2,1-2H3. The number of carbonyl (C=O) groups excluding carboxylic acids is 2. The lowest BCUT2D eigenvalue weighted by molar-refractivity contribution is -0.143. The molecule has 0 fully saturated rings. The lowest BCUT2D eigenvalue weighted by Crippen LogP contribution is -2.24. The smallest absolute Gasteiger partial charge is 0.326 e. The van der Waals surface area contributed by atoms with Crippen molar-refractivity contribution in [3.8, 4) is 5.75 Å². The fourth-order valence-electron chi connectivity index (χ4n) is 3.76. The topological polar surface area (TPSA) is 69.9 Å². The van der Waals surface area contributed by atoms with Crippen LogP contribution in [0.2, 0.25) is 0 Å². The zero-order valence-electron chi connectivity index (χ0n) is 18.4. The first kappa shape index (κ1) is 22.5. The lowest BCUT2D eigenvalue weighted by atomic mass is 9.91. The molecule has 0 spiro atoms. The second-order valence-corrected chi connectivity index (χ2v) is 8.30. The Bertz CT molecular complexity index is 1290. The Hall–Kier alpha value is -3.71. The van der Waals surface area contributed by atoms with Crippen molar-refractivity contribution in [3.05, 3.63) is 94.8 Å².